The van der Waals surface area contributed by atoms with Gasteiger partial charge in [-0.15, -0.1) is 11.3 Å². The fraction of sp³-hybridized carbons (Fsp3) is 0.0952. The van der Waals surface area contributed by atoms with Crippen LogP contribution in [0.1, 0.15) is 5.56 Å². The summed E-state index contributed by atoms with van der Waals surface area (Å²) in [6.45, 7) is 0.159. The van der Waals surface area contributed by atoms with Crippen LogP contribution in [0.25, 0.3) is 11.3 Å². The Labute approximate surface area is 180 Å². The third kappa shape index (κ3) is 4.81. The molecule has 31 heavy (non-hydrogen) atoms. The summed E-state index contributed by atoms with van der Waals surface area (Å²) in [6, 6.07) is 15.4. The third-order valence-electron chi connectivity index (χ3n) is 4.47. The Bertz CT molecular complexity index is 1210. The fourth-order valence-corrected chi connectivity index (χ4v) is 3.79. The van der Waals surface area contributed by atoms with Gasteiger partial charge in [0.05, 0.1) is 12.2 Å². The summed E-state index contributed by atoms with van der Waals surface area (Å²) in [5.74, 6) is -0.957. The van der Waals surface area contributed by atoms with Crippen LogP contribution in [0.3, 0.4) is 0 Å². The van der Waals surface area contributed by atoms with Gasteiger partial charge in [-0.05, 0) is 39.7 Å². The molecule has 0 atom stereocenters. The highest BCUT2D eigenvalue weighted by Gasteiger charge is 2.22. The SMILES string of the molecule is O=C(Cn1cnc([N+](=O)[O-])c1)N(Cc1ccccc1)c1nc(-c2ccc(F)cc2)cs1. The number of thiazole rings is 1. The Kier molecular flexibility index (Phi) is 5.80. The summed E-state index contributed by atoms with van der Waals surface area (Å²) in [5.41, 5.74) is 2.27. The number of hydrogen-bond donors (Lipinski definition) is 0. The van der Waals surface area contributed by atoms with Crippen LogP contribution in [-0.2, 0) is 17.9 Å². The first-order valence-corrected chi connectivity index (χ1v) is 10.1. The molecule has 1 amide bonds. The van der Waals surface area contributed by atoms with Gasteiger partial charge < -0.3 is 14.7 Å². The molecule has 2 aromatic heterocycles. The van der Waals surface area contributed by atoms with Crippen LogP contribution in [0.4, 0.5) is 15.3 Å². The second kappa shape index (κ2) is 8.84. The van der Waals surface area contributed by atoms with Crippen LogP contribution >= 0.6 is 11.3 Å². The maximum atomic E-state index is 13.2. The van der Waals surface area contributed by atoms with Gasteiger partial charge in [0, 0.05) is 10.9 Å². The number of carbonyl (C=O) groups excluding carboxylic acids is 1. The van der Waals surface area contributed by atoms with Crippen LogP contribution in [-0.4, -0.2) is 25.4 Å². The standard InChI is InChI=1S/C21H16FN5O3S/c22-17-8-6-16(7-9-17)18-13-31-21(24-18)26(10-15-4-2-1-3-5-15)20(28)12-25-11-19(23-14-25)27(29)30/h1-9,11,13-14H,10,12H2. The van der Waals surface area contributed by atoms with Crippen LogP contribution in [0, 0.1) is 15.9 Å². The van der Waals surface area contributed by atoms with E-state index < -0.39 is 4.92 Å². The second-order valence-corrected chi connectivity index (χ2v) is 7.49. The first-order valence-electron chi connectivity index (χ1n) is 9.21. The molecule has 8 nitrogen and oxygen atoms in total. The largest absolute Gasteiger partial charge is 0.381 e. The number of carbonyl (C=O) groups is 1. The first kappa shape index (κ1) is 20.4. The minimum absolute atomic E-state index is 0.126. The zero-order chi connectivity index (χ0) is 21.8. The van der Waals surface area contributed by atoms with Crippen molar-refractivity contribution < 1.29 is 14.1 Å². The van der Waals surface area contributed by atoms with E-state index in [0.29, 0.717) is 10.8 Å². The van der Waals surface area contributed by atoms with Crippen molar-refractivity contribution >= 4 is 28.2 Å². The number of nitro groups is 1. The van der Waals surface area contributed by atoms with Crippen molar-refractivity contribution in [2.75, 3.05) is 4.90 Å². The number of benzene rings is 2. The Morgan fingerprint density at radius 1 is 1.16 bits per heavy atom. The predicted octanol–water partition coefficient (Wildman–Crippen LogP) is 4.29. The first-order chi connectivity index (χ1) is 15.0. The quantitative estimate of drug-likeness (QED) is 0.318. The summed E-state index contributed by atoms with van der Waals surface area (Å²) in [7, 11) is 0. The number of imidazole rings is 1. The number of aromatic nitrogens is 3. The summed E-state index contributed by atoms with van der Waals surface area (Å²) in [6.07, 6.45) is 2.47. The van der Waals surface area contributed by atoms with Gasteiger partial charge in [0.25, 0.3) is 0 Å². The summed E-state index contributed by atoms with van der Waals surface area (Å²) in [4.78, 5) is 33.1. The summed E-state index contributed by atoms with van der Waals surface area (Å²) < 4.78 is 14.6. The number of rotatable bonds is 7. The van der Waals surface area contributed by atoms with E-state index in [1.807, 2.05) is 30.3 Å². The molecule has 0 bridgehead atoms. The Morgan fingerprint density at radius 3 is 2.58 bits per heavy atom. The average Bonchev–Trinajstić information content (AvgIpc) is 3.43. The van der Waals surface area contributed by atoms with Gasteiger partial charge in [0.15, 0.2) is 5.13 Å². The van der Waals surface area contributed by atoms with E-state index in [4.69, 9.17) is 0 Å². The van der Waals surface area contributed by atoms with Gasteiger partial charge >= 0.3 is 5.82 Å². The highest BCUT2D eigenvalue weighted by Crippen LogP contribution is 2.29. The maximum Gasteiger partial charge on any atom is 0.381 e. The van der Waals surface area contributed by atoms with Crippen LogP contribution in [0.2, 0.25) is 0 Å². The molecule has 4 aromatic rings. The number of nitrogens with zero attached hydrogens (tertiary/aromatic N) is 5. The molecule has 2 heterocycles. The van der Waals surface area contributed by atoms with Crippen molar-refractivity contribution in [3.05, 3.63) is 94.0 Å². The zero-order valence-corrected chi connectivity index (χ0v) is 16.9. The molecule has 0 spiro atoms. The van der Waals surface area contributed by atoms with Crippen molar-refractivity contribution in [3.8, 4) is 11.3 Å². The molecule has 0 saturated carbocycles. The van der Waals surface area contributed by atoms with Gasteiger partial charge in [0.1, 0.15) is 18.6 Å². The second-order valence-electron chi connectivity index (χ2n) is 6.65. The average molecular weight is 437 g/mol. The van der Waals surface area contributed by atoms with Crippen LogP contribution < -0.4 is 4.90 Å². The lowest BCUT2D eigenvalue weighted by Gasteiger charge is -2.20. The monoisotopic (exact) mass is 437 g/mol. The van der Waals surface area contributed by atoms with E-state index in [9.17, 15) is 19.3 Å². The van der Waals surface area contributed by atoms with E-state index >= 15 is 0 Å². The van der Waals surface area contributed by atoms with Crippen molar-refractivity contribution in [2.45, 2.75) is 13.1 Å². The third-order valence-corrected chi connectivity index (χ3v) is 5.34. The molecule has 0 fully saturated rings. The lowest BCUT2D eigenvalue weighted by molar-refractivity contribution is -0.389. The normalized spacial score (nSPS) is 10.7. The van der Waals surface area contributed by atoms with Gasteiger partial charge in [-0.1, -0.05) is 30.3 Å². The molecule has 4 rings (SSSR count). The molecule has 10 heteroatoms. The predicted molar refractivity (Wildman–Crippen MR) is 114 cm³/mol. The van der Waals surface area contributed by atoms with E-state index in [1.165, 1.54) is 45.5 Å². The molecule has 0 unspecified atom stereocenters. The summed E-state index contributed by atoms with van der Waals surface area (Å²) >= 11 is 1.29. The Hall–Kier alpha value is -3.92. The van der Waals surface area contributed by atoms with Gasteiger partial charge in [0.2, 0.25) is 12.2 Å². The number of anilines is 1. The van der Waals surface area contributed by atoms with Gasteiger partial charge in [-0.3, -0.25) is 9.69 Å². The molecule has 0 aliphatic rings. The van der Waals surface area contributed by atoms with Crippen molar-refractivity contribution in [1.82, 2.24) is 14.5 Å². The number of halogens is 1. The fourth-order valence-electron chi connectivity index (χ4n) is 2.94. The molecule has 0 aliphatic carbocycles. The molecule has 2 aromatic carbocycles. The van der Waals surface area contributed by atoms with Crippen molar-refractivity contribution in [3.63, 3.8) is 0 Å². The molecule has 0 radical (unpaired) electrons. The molecule has 0 saturated heterocycles. The number of amides is 1. The van der Waals surface area contributed by atoms with Gasteiger partial charge in [-0.25, -0.2) is 9.37 Å². The lowest BCUT2D eigenvalue weighted by atomic mass is 10.2. The maximum absolute atomic E-state index is 13.2. The Balaban J connectivity index is 1.61. The van der Waals surface area contributed by atoms with Crippen molar-refractivity contribution in [1.29, 1.82) is 0 Å². The zero-order valence-electron chi connectivity index (χ0n) is 16.1. The minimum Gasteiger partial charge on any atom is -0.358 e. The van der Waals surface area contributed by atoms with E-state index in [0.717, 1.165) is 11.1 Å². The van der Waals surface area contributed by atoms with Crippen LogP contribution in [0.15, 0.2) is 72.5 Å². The molecular weight excluding hydrogens is 421 g/mol. The smallest absolute Gasteiger partial charge is 0.358 e. The number of hydrogen-bond acceptors (Lipinski definition) is 6. The lowest BCUT2D eigenvalue weighted by Crippen LogP contribution is -2.33. The minimum atomic E-state index is -0.613. The molecule has 0 aliphatic heterocycles. The molecule has 0 N–H and O–H groups in total. The van der Waals surface area contributed by atoms with Crippen LogP contribution in [0.5, 0.6) is 0 Å². The van der Waals surface area contributed by atoms with E-state index in [2.05, 4.69) is 9.97 Å². The molecular formula is C21H16FN5O3S. The topological polar surface area (TPSA) is 94.2 Å². The van der Waals surface area contributed by atoms with E-state index in [-0.39, 0.29) is 30.6 Å². The van der Waals surface area contributed by atoms with E-state index in [1.54, 1.807) is 17.5 Å². The van der Waals surface area contributed by atoms with Gasteiger partial charge in [-0.2, -0.15) is 0 Å². The Morgan fingerprint density at radius 2 is 1.90 bits per heavy atom. The summed E-state index contributed by atoms with van der Waals surface area (Å²) in [5, 5.41) is 13.1. The highest BCUT2D eigenvalue weighted by molar-refractivity contribution is 7.14. The highest BCUT2D eigenvalue weighted by atomic mass is 32.1. The van der Waals surface area contributed by atoms with Crippen molar-refractivity contribution in [2.24, 2.45) is 0 Å². The molecule has 156 valence electrons.